The van der Waals surface area contributed by atoms with Crippen molar-refractivity contribution in [1.82, 2.24) is 4.90 Å². The van der Waals surface area contributed by atoms with Crippen LogP contribution in [0, 0.1) is 16.7 Å². The number of rotatable bonds is 5. The van der Waals surface area contributed by atoms with Crippen molar-refractivity contribution < 1.29 is 4.74 Å². The molecule has 1 saturated heterocycles. The van der Waals surface area contributed by atoms with E-state index in [1.807, 2.05) is 7.11 Å². The molecule has 98 valence electrons. The number of likely N-dealkylation sites (tertiary alicyclic amines) is 1. The third-order valence-electron chi connectivity index (χ3n) is 4.36. The molecule has 4 heteroatoms. The SMILES string of the molecule is COC1CN(CC2(CC(=N)N)CC2)CCC1C. The third kappa shape index (κ3) is 3.19. The van der Waals surface area contributed by atoms with E-state index in [0.717, 1.165) is 19.5 Å². The van der Waals surface area contributed by atoms with Gasteiger partial charge in [-0.3, -0.25) is 5.41 Å². The van der Waals surface area contributed by atoms with Crippen molar-refractivity contribution in [3.63, 3.8) is 0 Å². The number of ether oxygens (including phenoxy) is 1. The minimum atomic E-state index is 0.324. The second-order valence-corrected chi connectivity index (χ2v) is 5.98. The first-order chi connectivity index (χ1) is 8.04. The molecule has 1 aliphatic carbocycles. The molecule has 0 aromatic heterocycles. The minimum absolute atomic E-state index is 0.324. The molecule has 3 N–H and O–H groups in total. The van der Waals surface area contributed by atoms with E-state index in [1.165, 1.54) is 25.8 Å². The van der Waals surface area contributed by atoms with Crippen LogP contribution < -0.4 is 5.73 Å². The first-order valence-electron chi connectivity index (χ1n) is 6.63. The molecule has 0 aromatic carbocycles. The van der Waals surface area contributed by atoms with Gasteiger partial charge in [-0.2, -0.15) is 0 Å². The van der Waals surface area contributed by atoms with Crippen molar-refractivity contribution in [1.29, 1.82) is 5.41 Å². The zero-order valence-corrected chi connectivity index (χ0v) is 11.0. The number of piperidine rings is 1. The number of amidine groups is 1. The highest BCUT2D eigenvalue weighted by molar-refractivity contribution is 5.78. The number of hydrogen-bond acceptors (Lipinski definition) is 3. The Morgan fingerprint density at radius 2 is 2.24 bits per heavy atom. The van der Waals surface area contributed by atoms with Gasteiger partial charge in [0, 0.05) is 26.6 Å². The van der Waals surface area contributed by atoms with Gasteiger partial charge in [-0.1, -0.05) is 6.92 Å². The quantitative estimate of drug-likeness (QED) is 0.564. The number of nitrogens with two attached hydrogens (primary N) is 1. The molecule has 17 heavy (non-hydrogen) atoms. The minimum Gasteiger partial charge on any atom is -0.388 e. The van der Waals surface area contributed by atoms with Crippen molar-refractivity contribution in [2.45, 2.75) is 38.7 Å². The summed E-state index contributed by atoms with van der Waals surface area (Å²) in [7, 11) is 1.81. The van der Waals surface area contributed by atoms with E-state index in [1.54, 1.807) is 0 Å². The molecule has 0 amide bonds. The lowest BCUT2D eigenvalue weighted by Crippen LogP contribution is -2.46. The molecule has 2 rings (SSSR count). The summed E-state index contributed by atoms with van der Waals surface area (Å²) < 4.78 is 5.54. The number of nitrogens with one attached hydrogen (secondary N) is 1. The van der Waals surface area contributed by atoms with Crippen LogP contribution in [-0.4, -0.2) is 43.6 Å². The lowest BCUT2D eigenvalue weighted by atomic mass is 9.93. The van der Waals surface area contributed by atoms with Crippen LogP contribution in [0.1, 0.15) is 32.6 Å². The summed E-state index contributed by atoms with van der Waals surface area (Å²) in [5, 5.41) is 7.45. The van der Waals surface area contributed by atoms with E-state index in [-0.39, 0.29) is 0 Å². The number of methoxy groups -OCH3 is 1. The highest BCUT2D eigenvalue weighted by atomic mass is 16.5. The Morgan fingerprint density at radius 3 is 2.76 bits per heavy atom. The van der Waals surface area contributed by atoms with Gasteiger partial charge >= 0.3 is 0 Å². The fourth-order valence-corrected chi connectivity index (χ4v) is 2.99. The average Bonchev–Trinajstić information content (AvgIpc) is 3.00. The predicted octanol–water partition coefficient (Wildman–Crippen LogP) is 1.45. The molecule has 4 nitrogen and oxygen atoms in total. The fraction of sp³-hybridized carbons (Fsp3) is 0.923. The van der Waals surface area contributed by atoms with Gasteiger partial charge in [-0.05, 0) is 37.1 Å². The van der Waals surface area contributed by atoms with Crippen LogP contribution in [0.5, 0.6) is 0 Å². The van der Waals surface area contributed by atoms with Gasteiger partial charge in [-0.15, -0.1) is 0 Å². The van der Waals surface area contributed by atoms with Gasteiger partial charge in [0.25, 0.3) is 0 Å². The molecular formula is C13H25N3O. The smallest absolute Gasteiger partial charge is 0.0911 e. The van der Waals surface area contributed by atoms with E-state index in [2.05, 4.69) is 11.8 Å². The molecule has 0 spiro atoms. The van der Waals surface area contributed by atoms with Crippen LogP contribution in [0.25, 0.3) is 0 Å². The Labute approximate surface area is 104 Å². The standard InChI is InChI=1S/C13H25N3O/c1-10-3-6-16(8-11(10)17-2)9-13(4-5-13)7-12(14)15/h10-11H,3-9H2,1-2H3,(H3,14,15). The van der Waals surface area contributed by atoms with E-state index < -0.39 is 0 Å². The molecular weight excluding hydrogens is 214 g/mol. The Hall–Kier alpha value is -0.610. The maximum atomic E-state index is 7.45. The Morgan fingerprint density at radius 1 is 1.53 bits per heavy atom. The summed E-state index contributed by atoms with van der Waals surface area (Å²) in [6, 6.07) is 0. The maximum Gasteiger partial charge on any atom is 0.0911 e. The zero-order chi connectivity index (χ0) is 12.5. The van der Waals surface area contributed by atoms with E-state index in [0.29, 0.717) is 23.3 Å². The van der Waals surface area contributed by atoms with Gasteiger partial charge in [0.15, 0.2) is 0 Å². The molecule has 2 atom stereocenters. The largest absolute Gasteiger partial charge is 0.388 e. The molecule has 2 aliphatic rings. The monoisotopic (exact) mass is 239 g/mol. The molecule has 1 saturated carbocycles. The molecule has 2 fully saturated rings. The fourth-order valence-electron chi connectivity index (χ4n) is 2.99. The molecule has 1 heterocycles. The van der Waals surface area contributed by atoms with Crippen LogP contribution in [-0.2, 0) is 4.74 Å². The van der Waals surface area contributed by atoms with E-state index >= 15 is 0 Å². The molecule has 2 unspecified atom stereocenters. The van der Waals surface area contributed by atoms with Crippen LogP contribution >= 0.6 is 0 Å². The molecule has 0 aromatic rings. The zero-order valence-electron chi connectivity index (χ0n) is 11.0. The highest BCUT2D eigenvalue weighted by Gasteiger charge is 2.45. The number of hydrogen-bond donors (Lipinski definition) is 2. The van der Waals surface area contributed by atoms with Crippen LogP contribution in [0.15, 0.2) is 0 Å². The third-order valence-corrected chi connectivity index (χ3v) is 4.36. The normalized spacial score (nSPS) is 32.4. The topological polar surface area (TPSA) is 62.3 Å². The van der Waals surface area contributed by atoms with Gasteiger partial charge in [-0.25, -0.2) is 0 Å². The summed E-state index contributed by atoms with van der Waals surface area (Å²) in [6.07, 6.45) is 4.83. The summed E-state index contributed by atoms with van der Waals surface area (Å²) in [5.41, 5.74) is 5.86. The maximum absolute atomic E-state index is 7.45. The van der Waals surface area contributed by atoms with E-state index in [4.69, 9.17) is 15.9 Å². The van der Waals surface area contributed by atoms with Crippen molar-refractivity contribution in [2.24, 2.45) is 17.1 Å². The number of nitrogens with zero attached hydrogens (tertiary/aromatic N) is 1. The van der Waals surface area contributed by atoms with Gasteiger partial charge < -0.3 is 15.4 Å². The Balaban J connectivity index is 1.85. The van der Waals surface area contributed by atoms with E-state index in [9.17, 15) is 0 Å². The van der Waals surface area contributed by atoms with Crippen molar-refractivity contribution in [3.05, 3.63) is 0 Å². The van der Waals surface area contributed by atoms with Crippen molar-refractivity contribution >= 4 is 5.84 Å². The average molecular weight is 239 g/mol. The Kier molecular flexibility index (Phi) is 3.73. The summed E-state index contributed by atoms with van der Waals surface area (Å²) in [4.78, 5) is 2.50. The first kappa shape index (κ1) is 12.8. The summed E-state index contributed by atoms with van der Waals surface area (Å²) in [6.45, 7) is 5.57. The Bertz CT molecular complexity index is 288. The van der Waals surface area contributed by atoms with Gasteiger partial charge in [0.05, 0.1) is 11.9 Å². The van der Waals surface area contributed by atoms with Crippen molar-refractivity contribution in [3.8, 4) is 0 Å². The highest BCUT2D eigenvalue weighted by Crippen LogP contribution is 2.49. The van der Waals surface area contributed by atoms with Crippen LogP contribution in [0.3, 0.4) is 0 Å². The van der Waals surface area contributed by atoms with Gasteiger partial charge in [0.1, 0.15) is 0 Å². The van der Waals surface area contributed by atoms with Gasteiger partial charge in [0.2, 0.25) is 0 Å². The second-order valence-electron chi connectivity index (χ2n) is 5.98. The first-order valence-corrected chi connectivity index (χ1v) is 6.63. The van der Waals surface area contributed by atoms with Crippen LogP contribution in [0.4, 0.5) is 0 Å². The summed E-state index contributed by atoms with van der Waals surface area (Å²) >= 11 is 0. The molecule has 0 bridgehead atoms. The predicted molar refractivity (Wildman–Crippen MR) is 69.2 cm³/mol. The lowest BCUT2D eigenvalue weighted by Gasteiger charge is -2.38. The van der Waals surface area contributed by atoms with Crippen LogP contribution in [0.2, 0.25) is 0 Å². The molecule has 0 radical (unpaired) electrons. The lowest BCUT2D eigenvalue weighted by molar-refractivity contribution is -0.0104. The second kappa shape index (κ2) is 4.94. The molecule has 1 aliphatic heterocycles. The summed E-state index contributed by atoms with van der Waals surface area (Å²) in [5.74, 6) is 1.01. The van der Waals surface area contributed by atoms with Crippen molar-refractivity contribution in [2.75, 3.05) is 26.7 Å².